The summed E-state index contributed by atoms with van der Waals surface area (Å²) in [7, 11) is 0. The van der Waals surface area contributed by atoms with E-state index < -0.39 is 0 Å². The molecule has 0 aromatic heterocycles. The van der Waals surface area contributed by atoms with Crippen LogP contribution in [0.3, 0.4) is 0 Å². The third kappa shape index (κ3) is 1.38. The molecule has 12 heavy (non-hydrogen) atoms. The first-order valence-electron chi connectivity index (χ1n) is 4.90. The van der Waals surface area contributed by atoms with Crippen molar-refractivity contribution in [1.82, 2.24) is 4.90 Å². The first-order chi connectivity index (χ1) is 5.87. The fourth-order valence-electron chi connectivity index (χ4n) is 2.33. The van der Waals surface area contributed by atoms with Gasteiger partial charge in [-0.05, 0) is 38.1 Å². The zero-order valence-electron chi connectivity index (χ0n) is 7.59. The SMILES string of the molecule is NCC1(N2CCCC2)CCSC1. The number of nitrogens with zero attached hydrogens (tertiary/aromatic N) is 1. The monoisotopic (exact) mass is 186 g/mol. The molecular weight excluding hydrogens is 168 g/mol. The van der Waals surface area contributed by atoms with Gasteiger partial charge in [-0.25, -0.2) is 0 Å². The van der Waals surface area contributed by atoms with Crippen LogP contribution in [0.1, 0.15) is 19.3 Å². The van der Waals surface area contributed by atoms with Crippen LogP contribution in [-0.4, -0.2) is 41.6 Å². The van der Waals surface area contributed by atoms with Crippen molar-refractivity contribution in [2.24, 2.45) is 5.73 Å². The lowest BCUT2D eigenvalue weighted by molar-refractivity contribution is 0.150. The third-order valence-corrected chi connectivity index (χ3v) is 4.47. The lowest BCUT2D eigenvalue weighted by Gasteiger charge is -2.37. The van der Waals surface area contributed by atoms with Crippen molar-refractivity contribution in [3.05, 3.63) is 0 Å². The van der Waals surface area contributed by atoms with Crippen LogP contribution in [-0.2, 0) is 0 Å². The van der Waals surface area contributed by atoms with E-state index in [4.69, 9.17) is 5.73 Å². The highest BCUT2D eigenvalue weighted by Crippen LogP contribution is 2.34. The van der Waals surface area contributed by atoms with Crippen molar-refractivity contribution in [1.29, 1.82) is 0 Å². The summed E-state index contributed by atoms with van der Waals surface area (Å²) in [5, 5.41) is 0. The van der Waals surface area contributed by atoms with E-state index >= 15 is 0 Å². The number of hydrogen-bond donors (Lipinski definition) is 1. The number of likely N-dealkylation sites (tertiary alicyclic amines) is 1. The maximum Gasteiger partial charge on any atom is 0.0429 e. The summed E-state index contributed by atoms with van der Waals surface area (Å²) >= 11 is 2.07. The minimum atomic E-state index is 0.390. The maximum atomic E-state index is 5.89. The van der Waals surface area contributed by atoms with E-state index in [0.717, 1.165) is 6.54 Å². The Balaban J connectivity index is 2.04. The Morgan fingerprint density at radius 3 is 2.58 bits per heavy atom. The van der Waals surface area contributed by atoms with Gasteiger partial charge in [-0.2, -0.15) is 11.8 Å². The number of nitrogens with two attached hydrogens (primary N) is 1. The lowest BCUT2D eigenvalue weighted by atomic mass is 9.97. The minimum absolute atomic E-state index is 0.390. The molecule has 2 heterocycles. The molecule has 2 saturated heterocycles. The summed E-state index contributed by atoms with van der Waals surface area (Å²) in [6, 6.07) is 0. The molecule has 0 aliphatic carbocycles. The summed E-state index contributed by atoms with van der Waals surface area (Å²) < 4.78 is 0. The van der Waals surface area contributed by atoms with Gasteiger partial charge in [0.05, 0.1) is 0 Å². The molecule has 1 unspecified atom stereocenters. The molecule has 1 atom stereocenters. The molecule has 0 amide bonds. The van der Waals surface area contributed by atoms with Crippen LogP contribution in [0.5, 0.6) is 0 Å². The Morgan fingerprint density at radius 2 is 2.08 bits per heavy atom. The van der Waals surface area contributed by atoms with Gasteiger partial charge in [0.15, 0.2) is 0 Å². The normalized spacial score (nSPS) is 37.8. The molecule has 2 nitrogen and oxygen atoms in total. The van der Waals surface area contributed by atoms with E-state index in [9.17, 15) is 0 Å². The average Bonchev–Trinajstić information content (AvgIpc) is 2.76. The topological polar surface area (TPSA) is 29.3 Å². The third-order valence-electron chi connectivity index (χ3n) is 3.24. The van der Waals surface area contributed by atoms with Crippen molar-refractivity contribution in [2.75, 3.05) is 31.1 Å². The summed E-state index contributed by atoms with van der Waals surface area (Å²) in [6.07, 6.45) is 4.08. The van der Waals surface area contributed by atoms with Crippen molar-refractivity contribution in [3.63, 3.8) is 0 Å². The Labute approximate surface area is 78.9 Å². The van der Waals surface area contributed by atoms with Gasteiger partial charge >= 0.3 is 0 Å². The molecule has 2 N–H and O–H groups in total. The van der Waals surface area contributed by atoms with Crippen LogP contribution in [0.15, 0.2) is 0 Å². The van der Waals surface area contributed by atoms with E-state index in [0.29, 0.717) is 5.54 Å². The number of rotatable bonds is 2. The maximum absolute atomic E-state index is 5.89. The molecule has 2 aliphatic rings. The second kappa shape index (κ2) is 3.56. The van der Waals surface area contributed by atoms with Gasteiger partial charge in [0.2, 0.25) is 0 Å². The quantitative estimate of drug-likeness (QED) is 0.695. The lowest BCUT2D eigenvalue weighted by Crippen LogP contribution is -2.52. The second-order valence-corrected chi connectivity index (χ2v) is 5.03. The summed E-state index contributed by atoms with van der Waals surface area (Å²) in [4.78, 5) is 2.63. The predicted molar refractivity (Wildman–Crippen MR) is 54.5 cm³/mol. The van der Waals surface area contributed by atoms with E-state index in [1.165, 1.54) is 43.9 Å². The standard InChI is InChI=1S/C9H18N2S/c10-7-9(3-6-12-8-9)11-4-1-2-5-11/h1-8,10H2. The predicted octanol–water partition coefficient (Wildman–Crippen LogP) is 0.917. The molecule has 0 aromatic rings. The van der Waals surface area contributed by atoms with Crippen molar-refractivity contribution < 1.29 is 0 Å². The Kier molecular flexibility index (Phi) is 2.63. The van der Waals surface area contributed by atoms with Crippen LogP contribution in [0.2, 0.25) is 0 Å². The van der Waals surface area contributed by atoms with Gasteiger partial charge in [0.25, 0.3) is 0 Å². The van der Waals surface area contributed by atoms with Crippen LogP contribution >= 0.6 is 11.8 Å². The Morgan fingerprint density at radius 1 is 1.33 bits per heavy atom. The zero-order chi connectivity index (χ0) is 8.44. The van der Waals surface area contributed by atoms with Gasteiger partial charge in [-0.3, -0.25) is 4.90 Å². The summed E-state index contributed by atoms with van der Waals surface area (Å²) in [5.41, 5.74) is 6.28. The van der Waals surface area contributed by atoms with E-state index in [1.807, 2.05) is 0 Å². The smallest absolute Gasteiger partial charge is 0.0429 e. The molecule has 2 fully saturated rings. The first-order valence-corrected chi connectivity index (χ1v) is 6.06. The van der Waals surface area contributed by atoms with Gasteiger partial charge in [-0.15, -0.1) is 0 Å². The van der Waals surface area contributed by atoms with E-state index in [-0.39, 0.29) is 0 Å². The molecule has 2 aliphatic heterocycles. The van der Waals surface area contributed by atoms with Crippen molar-refractivity contribution in [3.8, 4) is 0 Å². The fraction of sp³-hybridized carbons (Fsp3) is 1.00. The molecule has 0 bridgehead atoms. The van der Waals surface area contributed by atoms with Gasteiger partial charge in [0.1, 0.15) is 0 Å². The van der Waals surface area contributed by atoms with Crippen molar-refractivity contribution >= 4 is 11.8 Å². The molecule has 0 spiro atoms. The molecule has 0 aromatic carbocycles. The van der Waals surface area contributed by atoms with Crippen LogP contribution < -0.4 is 5.73 Å². The van der Waals surface area contributed by atoms with E-state index in [1.54, 1.807) is 0 Å². The fourth-order valence-corrected chi connectivity index (χ4v) is 3.82. The van der Waals surface area contributed by atoms with Gasteiger partial charge in [-0.1, -0.05) is 0 Å². The Hall–Kier alpha value is 0.270. The highest BCUT2D eigenvalue weighted by Gasteiger charge is 2.39. The van der Waals surface area contributed by atoms with Crippen LogP contribution in [0.4, 0.5) is 0 Å². The Bertz CT molecular complexity index is 149. The van der Waals surface area contributed by atoms with E-state index in [2.05, 4.69) is 16.7 Å². The molecular formula is C9H18N2S. The van der Waals surface area contributed by atoms with Gasteiger partial charge in [0, 0.05) is 17.8 Å². The zero-order valence-corrected chi connectivity index (χ0v) is 8.41. The van der Waals surface area contributed by atoms with Gasteiger partial charge < -0.3 is 5.73 Å². The molecule has 3 heteroatoms. The molecule has 0 radical (unpaired) electrons. The highest BCUT2D eigenvalue weighted by atomic mass is 32.2. The highest BCUT2D eigenvalue weighted by molar-refractivity contribution is 7.99. The number of thioether (sulfide) groups is 1. The average molecular weight is 186 g/mol. The van der Waals surface area contributed by atoms with Crippen LogP contribution in [0.25, 0.3) is 0 Å². The minimum Gasteiger partial charge on any atom is -0.329 e. The number of hydrogen-bond acceptors (Lipinski definition) is 3. The first kappa shape index (κ1) is 8.85. The van der Waals surface area contributed by atoms with Crippen LogP contribution in [0, 0.1) is 0 Å². The molecule has 0 saturated carbocycles. The summed E-state index contributed by atoms with van der Waals surface area (Å²) in [5.74, 6) is 2.58. The van der Waals surface area contributed by atoms with Crippen molar-refractivity contribution in [2.45, 2.75) is 24.8 Å². The largest absolute Gasteiger partial charge is 0.329 e. The second-order valence-electron chi connectivity index (χ2n) is 3.93. The molecule has 2 rings (SSSR count). The molecule has 70 valence electrons. The summed E-state index contributed by atoms with van der Waals surface area (Å²) in [6.45, 7) is 3.44.